The van der Waals surface area contributed by atoms with Gasteiger partial charge in [-0.15, -0.1) is 0 Å². The zero-order chi connectivity index (χ0) is 99.0. The number of rotatable bonds is 27. The minimum Gasteiger partial charge on any atom is -0.504 e. The Morgan fingerprint density at radius 1 is 0.188 bits per heavy atom. The van der Waals surface area contributed by atoms with Crippen LogP contribution in [0.4, 0.5) is 0 Å². The Balaban J connectivity index is 1.72. The molecule has 5 atom stereocenters. The van der Waals surface area contributed by atoms with E-state index >= 15 is 57.5 Å². The Morgan fingerprint density at radius 3 is 0.624 bits per heavy atom. The van der Waals surface area contributed by atoms with Gasteiger partial charge in [-0.25, -0.2) is 24.0 Å². The molecule has 0 heterocycles. The molecule has 0 radical (unpaired) electrons. The van der Waals surface area contributed by atoms with Crippen LogP contribution in [0.5, 0.6) is 190 Å². The molecule has 50 nitrogen and oxygen atoms in total. The van der Waals surface area contributed by atoms with Gasteiger partial charge < -0.3 is 192 Å². The molecule has 33 N–H and O–H groups in total. The lowest BCUT2D eigenvalue weighted by molar-refractivity contribution is -0.237. The Morgan fingerprint density at radius 2 is 0.368 bits per heavy atom. The first-order valence-corrected chi connectivity index (χ1v) is 35.7. The van der Waals surface area contributed by atoms with Crippen LogP contribution in [0.2, 0.25) is 0 Å². The quantitative estimate of drug-likeness (QED) is 0.00870. The van der Waals surface area contributed by atoms with Crippen LogP contribution in [0, 0.1) is 0 Å². The van der Waals surface area contributed by atoms with Gasteiger partial charge >= 0.3 is 29.8 Å². The fourth-order valence-electron chi connectivity index (χ4n) is 13.4. The number of phenolic OH excluding ortho intramolecular Hbond substituents is 33. The highest BCUT2D eigenvalue weighted by Gasteiger charge is 2.92. The number of aromatic hydroxyl groups is 33. The van der Waals surface area contributed by atoms with Gasteiger partial charge in [0, 0.05) is 33.4 Å². The van der Waals surface area contributed by atoms with Gasteiger partial charge in [0.05, 0.1) is 27.8 Å². The molecule has 1 unspecified atom stereocenters. The van der Waals surface area contributed by atoms with Gasteiger partial charge in [0.1, 0.15) is 0 Å². The van der Waals surface area contributed by atoms with E-state index in [9.17, 15) is 169 Å². The molecule has 0 aliphatic carbocycles. The largest absolute Gasteiger partial charge is 0.504 e. The van der Waals surface area contributed by atoms with Gasteiger partial charge in [-0.2, -0.15) is 0 Å². The van der Waals surface area contributed by atoms with Gasteiger partial charge in [-0.05, 0) is 133 Å². The van der Waals surface area contributed by atoms with Crippen molar-refractivity contribution in [3.05, 3.63) is 195 Å². The Hall–Kier alpha value is -20.1. The first-order valence-electron chi connectivity index (χ1n) is 35.7. The SMILES string of the molecule is O=C(OC(C(=O)c1cc(O)c(O)c(O)c1)[C@](OC(=O)c1cc(O)c(O)c(O)c1)(C(=O)c1cc(O)c(O)c(O)c1)[C@](OC(=O)c1cc(O)c(O)c(O)c1)(C(=O)c1cc(O)c(O)c(O)c1)[C@@](OC(=O)c1cc(O)c(O)c(O)c1)(C(=O)c1cc(O)c(O)c(O)c1)[C@@](OC(=O)c1cc(O)c(O)c(O)c1)(C(=O)C(=O)c1cc(O)c(O)c(O)c1)C(=O)c1cc(O)c(O)c(O)c1)c1cc(O)c(O)c(O)c1. The van der Waals surface area contributed by atoms with Gasteiger partial charge in [-0.1, -0.05) is 0 Å². The molecular formula is C83H56O50. The second kappa shape index (κ2) is 33.7. The van der Waals surface area contributed by atoms with E-state index in [0.29, 0.717) is 0 Å². The van der Waals surface area contributed by atoms with E-state index in [-0.39, 0.29) is 84.9 Å². The van der Waals surface area contributed by atoms with Gasteiger partial charge in [0.2, 0.25) is 40.8 Å². The second-order valence-corrected chi connectivity index (χ2v) is 28.0. The monoisotopic (exact) mass is 1850 g/mol. The molecule has 0 aliphatic heterocycles. The van der Waals surface area contributed by atoms with Crippen LogP contribution < -0.4 is 0 Å². The van der Waals surface area contributed by atoms with Crippen molar-refractivity contribution >= 4 is 70.3 Å². The van der Waals surface area contributed by atoms with E-state index < -0.39 is 398 Å². The zero-order valence-electron chi connectivity index (χ0n) is 65.0. The van der Waals surface area contributed by atoms with E-state index in [2.05, 4.69) is 0 Å². The molecule has 50 heteroatoms. The third-order valence-corrected chi connectivity index (χ3v) is 19.7. The van der Waals surface area contributed by atoms with E-state index in [1.165, 1.54) is 0 Å². The first kappa shape index (κ1) is 93.6. The third kappa shape index (κ3) is 15.5. The number of carbonyl (C=O) groups is 12. The minimum atomic E-state index is -7.41. The molecule has 688 valence electrons. The van der Waals surface area contributed by atoms with Crippen molar-refractivity contribution in [2.75, 3.05) is 0 Å². The predicted molar refractivity (Wildman–Crippen MR) is 419 cm³/mol. The van der Waals surface area contributed by atoms with Crippen molar-refractivity contribution in [3.8, 4) is 190 Å². The summed E-state index contributed by atoms with van der Waals surface area (Å²) in [5.74, 6) is -110. The van der Waals surface area contributed by atoms with Crippen LogP contribution >= 0.6 is 0 Å². The van der Waals surface area contributed by atoms with Crippen LogP contribution in [-0.2, 0) is 28.5 Å². The Labute approximate surface area is 730 Å². The van der Waals surface area contributed by atoms with Crippen molar-refractivity contribution < 1.29 is 250 Å². The van der Waals surface area contributed by atoms with Crippen molar-refractivity contribution in [2.24, 2.45) is 0 Å². The summed E-state index contributed by atoms with van der Waals surface area (Å²) in [6.45, 7) is 0. The Bertz CT molecular complexity index is 6710. The molecule has 0 fully saturated rings. The minimum absolute atomic E-state index is 0.162. The molecule has 0 aromatic heterocycles. The number of hydrogen-bond donors (Lipinski definition) is 33. The molecule has 0 saturated carbocycles. The van der Waals surface area contributed by atoms with Gasteiger partial charge in [-0.3, -0.25) is 33.6 Å². The van der Waals surface area contributed by atoms with E-state index in [4.69, 9.17) is 23.7 Å². The van der Waals surface area contributed by atoms with Crippen molar-refractivity contribution in [3.63, 3.8) is 0 Å². The maximum absolute atomic E-state index is 19.3. The first-order chi connectivity index (χ1) is 62.0. The summed E-state index contributed by atoms with van der Waals surface area (Å²) >= 11 is 0. The average Bonchev–Trinajstić information content (AvgIpc) is 0.649. The summed E-state index contributed by atoms with van der Waals surface area (Å²) in [7, 11) is 0. The summed E-state index contributed by atoms with van der Waals surface area (Å²) in [6, 6.07) is -8.43. The standard InChI is InChI=1S/C83H56O50/c84-34-1-23(2-35(85)58(34)108)56(106)73(123)80(69(119)25-5-38(88)60(110)39(89)6-25,130-76(125)30-15-48(98)65(115)49(99)16-30)82(71(121)27-9-42(92)62(112)43(93)10-27,132-78(127)32-19-52(102)67(117)53(103)20-32)83(72(122)28-11-44(94)63(113)45(95)12-28,133-79(128)33-21-54(104)68(118)55(105)22-33)81(70(120)26-7-40(90)61(111)41(91)8-26,131-77(126)31-17-50(100)66(116)51(101)18-31)74(57(107)24-3-36(86)59(109)37(87)4-24)129-75(124)29-13-46(96)64(114)47(97)14-29/h1-22,74,84-105,108-118H/t74?,80-,81+,82+,83+/m0/s1. The fraction of sp³-hybridized carbons (Fsp3) is 0.0602. The predicted octanol–water partition coefficient (Wildman–Crippen LogP) is 3.75. The van der Waals surface area contributed by atoms with Gasteiger partial charge in [0.15, 0.2) is 190 Å². The molecule has 0 bridgehead atoms. The maximum Gasteiger partial charge on any atom is 0.340 e. The van der Waals surface area contributed by atoms with E-state index in [1.54, 1.807) is 0 Å². The number of ketones is 7. The third-order valence-electron chi connectivity index (χ3n) is 19.7. The van der Waals surface area contributed by atoms with Crippen LogP contribution in [0.1, 0.15) is 114 Å². The second-order valence-electron chi connectivity index (χ2n) is 28.0. The summed E-state index contributed by atoms with van der Waals surface area (Å²) in [6.07, 6.45) is -5.42. The smallest absolute Gasteiger partial charge is 0.340 e. The number of phenols is 33. The molecule has 11 aromatic rings. The number of hydrogen-bond acceptors (Lipinski definition) is 50. The lowest BCUT2D eigenvalue weighted by atomic mass is 9.52. The highest BCUT2D eigenvalue weighted by Crippen LogP contribution is 2.61. The molecule has 0 saturated heterocycles. The summed E-state index contributed by atoms with van der Waals surface area (Å²) in [5.41, 5.74) is -53.9. The normalized spacial score (nSPS) is 13.2. The van der Waals surface area contributed by atoms with Crippen LogP contribution in [0.3, 0.4) is 0 Å². The molecule has 11 rings (SSSR count). The van der Waals surface area contributed by atoms with Crippen LogP contribution in [0.25, 0.3) is 0 Å². The van der Waals surface area contributed by atoms with E-state index in [0.717, 1.165) is 0 Å². The molecular weight excluding hydrogens is 1800 g/mol. The van der Waals surface area contributed by atoms with E-state index in [1.807, 2.05) is 0 Å². The van der Waals surface area contributed by atoms with Crippen LogP contribution in [-0.4, -0.2) is 267 Å². The highest BCUT2D eigenvalue weighted by molar-refractivity contribution is 6.53. The van der Waals surface area contributed by atoms with Gasteiger partial charge in [0.25, 0.3) is 28.2 Å². The molecule has 0 amide bonds. The zero-order valence-corrected chi connectivity index (χ0v) is 65.0. The summed E-state index contributed by atoms with van der Waals surface area (Å²) in [5, 5.41) is 376. The Kier molecular flexibility index (Phi) is 23.7. The van der Waals surface area contributed by atoms with Crippen molar-refractivity contribution in [2.45, 2.75) is 28.5 Å². The molecule has 0 spiro atoms. The summed E-state index contributed by atoms with van der Waals surface area (Å²) in [4.78, 5) is 214. The van der Waals surface area contributed by atoms with Crippen molar-refractivity contribution in [1.29, 1.82) is 0 Å². The number of Topliss-reactive ketones (excluding diaryl/α,β-unsaturated/α-hetero) is 7. The maximum atomic E-state index is 19.3. The number of ether oxygens (including phenoxy) is 5. The number of esters is 5. The summed E-state index contributed by atoms with van der Waals surface area (Å²) < 4.78 is 30.3. The molecule has 133 heavy (non-hydrogen) atoms. The fourth-order valence-corrected chi connectivity index (χ4v) is 13.4. The highest BCUT2D eigenvalue weighted by atomic mass is 16.7. The molecule has 11 aromatic carbocycles. The van der Waals surface area contributed by atoms with Crippen LogP contribution in [0.15, 0.2) is 133 Å². The number of carbonyl (C=O) groups excluding carboxylic acids is 12. The lowest BCUT2D eigenvalue weighted by Crippen LogP contribution is -2.90. The topological polar surface area (TPSA) is 919 Å². The average molecular weight is 1850 g/mol. The van der Waals surface area contributed by atoms with Crippen molar-refractivity contribution in [1.82, 2.24) is 0 Å². The lowest BCUT2D eigenvalue weighted by Gasteiger charge is -2.58. The number of benzene rings is 11. The molecule has 0 aliphatic rings.